The molecule has 0 aromatic carbocycles. The van der Waals surface area contributed by atoms with Gasteiger partial charge in [-0.3, -0.25) is 0 Å². The highest BCUT2D eigenvalue weighted by molar-refractivity contribution is 5.02. The summed E-state index contributed by atoms with van der Waals surface area (Å²) in [7, 11) is 2.03. The van der Waals surface area contributed by atoms with Gasteiger partial charge < -0.3 is 5.32 Å². The first-order valence-electron chi connectivity index (χ1n) is 4.27. The Morgan fingerprint density at radius 3 is 2.10 bits per heavy atom. The number of hydrogen-bond donors (Lipinski definition) is 1. The van der Waals surface area contributed by atoms with Crippen LogP contribution in [-0.4, -0.2) is 13.6 Å². The van der Waals surface area contributed by atoms with Gasteiger partial charge in [0.15, 0.2) is 0 Å². The Morgan fingerprint density at radius 2 is 1.80 bits per heavy atom. The zero-order valence-corrected chi connectivity index (χ0v) is 7.57. The summed E-state index contributed by atoms with van der Waals surface area (Å²) < 4.78 is 0. The lowest BCUT2D eigenvalue weighted by Gasteiger charge is -2.08. The quantitative estimate of drug-likeness (QED) is 0.633. The van der Waals surface area contributed by atoms with E-state index in [-0.39, 0.29) is 0 Å². The third kappa shape index (κ3) is 1.07. The number of nitrogens with one attached hydrogen (secondary N) is 1. The Labute approximate surface area is 64.2 Å². The second-order valence-corrected chi connectivity index (χ2v) is 3.94. The van der Waals surface area contributed by atoms with Gasteiger partial charge in [0.1, 0.15) is 0 Å². The van der Waals surface area contributed by atoms with Crippen LogP contribution in [0.15, 0.2) is 0 Å². The van der Waals surface area contributed by atoms with E-state index in [2.05, 4.69) is 26.1 Å². The summed E-state index contributed by atoms with van der Waals surface area (Å²) in [5.41, 5.74) is 0.656. The summed E-state index contributed by atoms with van der Waals surface area (Å²) >= 11 is 0. The fourth-order valence-corrected chi connectivity index (χ4v) is 1.92. The third-order valence-electron chi connectivity index (χ3n) is 3.63. The monoisotopic (exact) mass is 141 g/mol. The van der Waals surface area contributed by atoms with Crippen molar-refractivity contribution in [3.05, 3.63) is 0 Å². The number of hydrogen-bond acceptors (Lipinski definition) is 1. The molecule has 0 aliphatic heterocycles. The zero-order valence-electron chi connectivity index (χ0n) is 7.57. The predicted octanol–water partition coefficient (Wildman–Crippen LogP) is 1.89. The summed E-state index contributed by atoms with van der Waals surface area (Å²) in [6, 6.07) is 0. The fraction of sp³-hybridized carbons (Fsp3) is 1.00. The Morgan fingerprint density at radius 1 is 1.30 bits per heavy atom. The summed E-state index contributed by atoms with van der Waals surface area (Å²) in [5, 5.41) is 3.21. The zero-order chi connectivity index (χ0) is 7.78. The Kier molecular flexibility index (Phi) is 2.04. The van der Waals surface area contributed by atoms with Crippen molar-refractivity contribution in [3.63, 3.8) is 0 Å². The van der Waals surface area contributed by atoms with Gasteiger partial charge in [0.2, 0.25) is 0 Å². The van der Waals surface area contributed by atoms with E-state index in [9.17, 15) is 0 Å². The van der Waals surface area contributed by atoms with Crippen LogP contribution in [0.1, 0.15) is 27.2 Å². The first kappa shape index (κ1) is 8.06. The topological polar surface area (TPSA) is 12.0 Å². The maximum absolute atomic E-state index is 3.21. The van der Waals surface area contributed by atoms with Crippen LogP contribution in [0.25, 0.3) is 0 Å². The molecule has 0 radical (unpaired) electrons. The molecule has 0 bridgehead atoms. The molecule has 1 nitrogen and oxygen atoms in total. The minimum absolute atomic E-state index is 0.656. The maximum atomic E-state index is 3.21. The van der Waals surface area contributed by atoms with Crippen molar-refractivity contribution in [1.82, 2.24) is 5.32 Å². The molecule has 60 valence electrons. The first-order valence-corrected chi connectivity index (χ1v) is 4.27. The van der Waals surface area contributed by atoms with Crippen molar-refractivity contribution in [2.75, 3.05) is 13.6 Å². The summed E-state index contributed by atoms with van der Waals surface area (Å²) in [6.45, 7) is 8.30. The molecule has 0 spiro atoms. The second kappa shape index (κ2) is 2.54. The van der Waals surface area contributed by atoms with Crippen molar-refractivity contribution in [3.8, 4) is 0 Å². The van der Waals surface area contributed by atoms with E-state index in [0.717, 1.165) is 11.8 Å². The molecular weight excluding hydrogens is 122 g/mol. The summed E-state index contributed by atoms with van der Waals surface area (Å²) in [5.74, 6) is 1.89. The highest BCUT2D eigenvalue weighted by Crippen LogP contribution is 2.59. The predicted molar refractivity (Wildman–Crippen MR) is 45.0 cm³/mol. The van der Waals surface area contributed by atoms with Gasteiger partial charge in [0.25, 0.3) is 0 Å². The van der Waals surface area contributed by atoms with E-state index < -0.39 is 0 Å². The normalized spacial score (nSPS) is 45.6. The van der Waals surface area contributed by atoms with Gasteiger partial charge in [-0.2, -0.15) is 0 Å². The molecule has 1 rings (SSSR count). The fourth-order valence-electron chi connectivity index (χ4n) is 1.92. The van der Waals surface area contributed by atoms with Crippen LogP contribution in [0.3, 0.4) is 0 Å². The molecular formula is C9H19N. The molecule has 1 N–H and O–H groups in total. The molecule has 1 heteroatoms. The highest BCUT2D eigenvalue weighted by atomic mass is 14.8. The van der Waals surface area contributed by atoms with Crippen LogP contribution in [-0.2, 0) is 0 Å². The molecule has 1 aliphatic carbocycles. The molecule has 0 aromatic heterocycles. The minimum atomic E-state index is 0.656. The molecule has 0 heterocycles. The second-order valence-electron chi connectivity index (χ2n) is 3.94. The van der Waals surface area contributed by atoms with Crippen LogP contribution in [0.4, 0.5) is 0 Å². The molecule has 1 aliphatic rings. The molecule has 0 saturated heterocycles. The molecule has 10 heavy (non-hydrogen) atoms. The van der Waals surface area contributed by atoms with Gasteiger partial charge in [0.05, 0.1) is 0 Å². The van der Waals surface area contributed by atoms with Gasteiger partial charge in [-0.15, -0.1) is 0 Å². The molecule has 1 saturated carbocycles. The van der Waals surface area contributed by atoms with Crippen LogP contribution < -0.4 is 5.32 Å². The Hall–Kier alpha value is -0.0400. The van der Waals surface area contributed by atoms with Gasteiger partial charge in [-0.25, -0.2) is 0 Å². The van der Waals surface area contributed by atoms with E-state index in [1.807, 2.05) is 7.05 Å². The van der Waals surface area contributed by atoms with Gasteiger partial charge in [-0.1, -0.05) is 20.8 Å². The van der Waals surface area contributed by atoms with Crippen LogP contribution >= 0.6 is 0 Å². The van der Waals surface area contributed by atoms with Crippen LogP contribution in [0, 0.1) is 17.3 Å². The maximum Gasteiger partial charge on any atom is -0.00465 e. The molecule has 1 fully saturated rings. The lowest BCUT2D eigenvalue weighted by atomic mass is 10.0. The Balaban J connectivity index is 2.28. The average Bonchev–Trinajstić information content (AvgIpc) is 2.38. The van der Waals surface area contributed by atoms with E-state index in [1.165, 1.54) is 13.0 Å². The largest absolute Gasteiger partial charge is 0.320 e. The standard InChI is InChI=1S/C9H19N/c1-7-8(2)9(7,3)5-6-10-4/h7-8,10H,5-6H2,1-4H3. The van der Waals surface area contributed by atoms with Gasteiger partial charge in [-0.05, 0) is 37.3 Å². The van der Waals surface area contributed by atoms with Crippen molar-refractivity contribution in [2.45, 2.75) is 27.2 Å². The molecule has 0 aromatic rings. The van der Waals surface area contributed by atoms with E-state index >= 15 is 0 Å². The first-order chi connectivity index (χ1) is 4.63. The van der Waals surface area contributed by atoms with Crippen molar-refractivity contribution in [1.29, 1.82) is 0 Å². The SMILES string of the molecule is CNCCC1(C)C(C)C1C. The van der Waals surface area contributed by atoms with Crippen molar-refractivity contribution in [2.24, 2.45) is 17.3 Å². The van der Waals surface area contributed by atoms with Crippen molar-refractivity contribution >= 4 is 0 Å². The van der Waals surface area contributed by atoms with Gasteiger partial charge >= 0.3 is 0 Å². The van der Waals surface area contributed by atoms with E-state index in [1.54, 1.807) is 0 Å². The van der Waals surface area contributed by atoms with Gasteiger partial charge in [0, 0.05) is 0 Å². The van der Waals surface area contributed by atoms with Crippen LogP contribution in [0.5, 0.6) is 0 Å². The average molecular weight is 141 g/mol. The van der Waals surface area contributed by atoms with Crippen LogP contribution in [0.2, 0.25) is 0 Å². The number of rotatable bonds is 3. The minimum Gasteiger partial charge on any atom is -0.320 e. The van der Waals surface area contributed by atoms with E-state index in [4.69, 9.17) is 0 Å². The molecule has 2 unspecified atom stereocenters. The smallest absolute Gasteiger partial charge is 0.00465 e. The lowest BCUT2D eigenvalue weighted by Crippen LogP contribution is -2.13. The van der Waals surface area contributed by atoms with Crippen molar-refractivity contribution < 1.29 is 0 Å². The lowest BCUT2D eigenvalue weighted by molar-refractivity contribution is 0.443. The molecule has 2 atom stereocenters. The Bertz CT molecular complexity index is 112. The molecule has 0 amide bonds. The highest BCUT2D eigenvalue weighted by Gasteiger charge is 2.53. The third-order valence-corrected chi connectivity index (χ3v) is 3.63. The van der Waals surface area contributed by atoms with E-state index in [0.29, 0.717) is 5.41 Å². The summed E-state index contributed by atoms with van der Waals surface area (Å²) in [4.78, 5) is 0. The summed E-state index contributed by atoms with van der Waals surface area (Å²) in [6.07, 6.45) is 1.34.